The van der Waals surface area contributed by atoms with Crippen molar-refractivity contribution in [3.8, 4) is 0 Å². The van der Waals surface area contributed by atoms with E-state index in [4.69, 9.17) is 31.4 Å². The Labute approximate surface area is 151 Å². The quantitative estimate of drug-likeness (QED) is 0.503. The van der Waals surface area contributed by atoms with E-state index in [2.05, 4.69) is 23.7 Å². The number of carbonyl (C=O) groups is 3. The maximum absolute atomic E-state index is 11.8. The van der Waals surface area contributed by atoms with Gasteiger partial charge in [0, 0.05) is 30.2 Å². The monoisotopic (exact) mass is 370 g/mol. The van der Waals surface area contributed by atoms with Crippen molar-refractivity contribution in [1.82, 2.24) is 4.90 Å². The molecular formula is C17H23ClN2O5. The van der Waals surface area contributed by atoms with E-state index < -0.39 is 11.9 Å². The number of benzene rings is 1. The molecule has 25 heavy (non-hydrogen) atoms. The van der Waals surface area contributed by atoms with Crippen LogP contribution in [-0.2, 0) is 14.4 Å². The molecule has 1 aromatic rings. The SMILES string of the molecule is C=C(C)CN(CC)CCC(=O)Nc1cccc(Cl)c1.O=C(O)C(=O)O. The van der Waals surface area contributed by atoms with Gasteiger partial charge >= 0.3 is 11.9 Å². The fraction of sp³-hybridized carbons (Fsp3) is 0.353. The van der Waals surface area contributed by atoms with E-state index in [9.17, 15) is 4.79 Å². The van der Waals surface area contributed by atoms with Crippen LogP contribution in [0.15, 0.2) is 36.4 Å². The van der Waals surface area contributed by atoms with Gasteiger partial charge in [0.15, 0.2) is 0 Å². The summed E-state index contributed by atoms with van der Waals surface area (Å²) in [6.07, 6.45) is 0.466. The first-order valence-electron chi connectivity index (χ1n) is 7.54. The Kier molecular flexibility index (Phi) is 10.9. The van der Waals surface area contributed by atoms with Crippen molar-refractivity contribution in [3.05, 3.63) is 41.4 Å². The third-order valence-electron chi connectivity index (χ3n) is 2.89. The molecule has 3 N–H and O–H groups in total. The largest absolute Gasteiger partial charge is 0.473 e. The van der Waals surface area contributed by atoms with E-state index in [0.29, 0.717) is 11.4 Å². The van der Waals surface area contributed by atoms with Gasteiger partial charge in [0.2, 0.25) is 5.91 Å². The number of hydrogen-bond acceptors (Lipinski definition) is 4. The van der Waals surface area contributed by atoms with Crippen LogP contribution in [0.4, 0.5) is 5.69 Å². The molecule has 0 aliphatic rings. The van der Waals surface area contributed by atoms with E-state index in [0.717, 1.165) is 30.9 Å². The van der Waals surface area contributed by atoms with Crippen molar-refractivity contribution < 1.29 is 24.6 Å². The van der Waals surface area contributed by atoms with Crippen molar-refractivity contribution in [2.75, 3.05) is 25.0 Å². The summed E-state index contributed by atoms with van der Waals surface area (Å²) in [6.45, 7) is 10.4. The van der Waals surface area contributed by atoms with Gasteiger partial charge in [-0.15, -0.1) is 0 Å². The van der Waals surface area contributed by atoms with E-state index in [-0.39, 0.29) is 5.91 Å². The number of hydrogen-bond donors (Lipinski definition) is 3. The summed E-state index contributed by atoms with van der Waals surface area (Å²) in [5, 5.41) is 18.2. The highest BCUT2D eigenvalue weighted by Crippen LogP contribution is 2.15. The smallest absolute Gasteiger partial charge is 0.414 e. The van der Waals surface area contributed by atoms with Gasteiger partial charge < -0.3 is 15.5 Å². The Balaban J connectivity index is 0.000000823. The molecule has 1 rings (SSSR count). The molecule has 0 atom stereocenters. The molecule has 0 bridgehead atoms. The zero-order chi connectivity index (χ0) is 19.4. The Morgan fingerprint density at radius 2 is 1.84 bits per heavy atom. The predicted molar refractivity (Wildman–Crippen MR) is 96.9 cm³/mol. The standard InChI is InChI=1S/C15H21ClN2O.C2H2O4/c1-4-18(11-12(2)3)9-8-15(19)17-14-7-5-6-13(16)10-14;3-1(4)2(5)6/h5-7,10H,2,4,8-9,11H2,1,3H3,(H,17,19);(H,3,4)(H,5,6). The van der Waals surface area contributed by atoms with Crippen molar-refractivity contribution >= 4 is 35.1 Å². The minimum absolute atomic E-state index is 0.00225. The topological polar surface area (TPSA) is 107 Å². The number of aliphatic carboxylic acids is 2. The predicted octanol–water partition coefficient (Wildman–Crippen LogP) is 2.72. The van der Waals surface area contributed by atoms with Crippen molar-refractivity contribution in [2.45, 2.75) is 20.3 Å². The van der Waals surface area contributed by atoms with Crippen LogP contribution in [0.3, 0.4) is 0 Å². The molecule has 138 valence electrons. The van der Waals surface area contributed by atoms with Gasteiger partial charge in [0.05, 0.1) is 0 Å². The number of anilines is 1. The Hall–Kier alpha value is -2.38. The first-order valence-corrected chi connectivity index (χ1v) is 7.91. The minimum Gasteiger partial charge on any atom is -0.473 e. The van der Waals surface area contributed by atoms with Crippen LogP contribution in [0.25, 0.3) is 0 Å². The zero-order valence-electron chi connectivity index (χ0n) is 14.3. The Morgan fingerprint density at radius 1 is 1.24 bits per heavy atom. The van der Waals surface area contributed by atoms with Crippen LogP contribution in [0.5, 0.6) is 0 Å². The lowest BCUT2D eigenvalue weighted by Crippen LogP contribution is -2.29. The maximum Gasteiger partial charge on any atom is 0.414 e. The zero-order valence-corrected chi connectivity index (χ0v) is 15.0. The highest BCUT2D eigenvalue weighted by molar-refractivity contribution is 6.30. The molecule has 0 saturated heterocycles. The van der Waals surface area contributed by atoms with Crippen LogP contribution >= 0.6 is 11.6 Å². The molecular weight excluding hydrogens is 348 g/mol. The van der Waals surface area contributed by atoms with Gasteiger partial charge in [-0.25, -0.2) is 9.59 Å². The van der Waals surface area contributed by atoms with Gasteiger partial charge in [-0.1, -0.05) is 36.7 Å². The van der Waals surface area contributed by atoms with Crippen LogP contribution in [-0.4, -0.2) is 52.6 Å². The molecule has 0 saturated carbocycles. The number of carboxylic acid groups (broad SMARTS) is 2. The Bertz CT molecular complexity index is 607. The molecule has 0 unspecified atom stereocenters. The summed E-state index contributed by atoms with van der Waals surface area (Å²) in [4.78, 5) is 32.2. The number of nitrogens with zero attached hydrogens (tertiary/aromatic N) is 1. The first-order chi connectivity index (χ1) is 11.6. The lowest BCUT2D eigenvalue weighted by molar-refractivity contribution is -0.159. The van der Waals surface area contributed by atoms with Gasteiger partial charge in [-0.3, -0.25) is 9.69 Å². The van der Waals surface area contributed by atoms with E-state index >= 15 is 0 Å². The second-order valence-electron chi connectivity index (χ2n) is 5.24. The van der Waals surface area contributed by atoms with Gasteiger partial charge in [-0.2, -0.15) is 0 Å². The van der Waals surface area contributed by atoms with E-state index in [1.165, 1.54) is 0 Å². The normalized spacial score (nSPS) is 9.76. The van der Waals surface area contributed by atoms with E-state index in [1.54, 1.807) is 12.1 Å². The van der Waals surface area contributed by atoms with Crippen molar-refractivity contribution in [3.63, 3.8) is 0 Å². The fourth-order valence-electron chi connectivity index (χ4n) is 1.78. The van der Waals surface area contributed by atoms with Crippen LogP contribution in [0.1, 0.15) is 20.3 Å². The number of carbonyl (C=O) groups excluding carboxylic acids is 1. The number of rotatable bonds is 7. The maximum atomic E-state index is 11.8. The molecule has 1 amide bonds. The number of nitrogens with one attached hydrogen (secondary N) is 1. The number of amides is 1. The van der Waals surface area contributed by atoms with Crippen molar-refractivity contribution in [2.24, 2.45) is 0 Å². The number of likely N-dealkylation sites (N-methyl/N-ethyl adjacent to an activating group) is 1. The summed E-state index contributed by atoms with van der Waals surface area (Å²) < 4.78 is 0. The summed E-state index contributed by atoms with van der Waals surface area (Å²) in [5.41, 5.74) is 1.84. The molecule has 0 aromatic heterocycles. The molecule has 0 fully saturated rings. The molecule has 1 aromatic carbocycles. The Morgan fingerprint density at radius 3 is 2.28 bits per heavy atom. The van der Waals surface area contributed by atoms with Gasteiger partial charge in [-0.05, 0) is 31.7 Å². The van der Waals surface area contributed by atoms with Crippen LogP contribution in [0, 0.1) is 0 Å². The molecule has 0 aliphatic carbocycles. The van der Waals surface area contributed by atoms with Crippen molar-refractivity contribution in [1.29, 1.82) is 0 Å². The second kappa shape index (κ2) is 12.0. The third kappa shape index (κ3) is 11.7. The fourth-order valence-corrected chi connectivity index (χ4v) is 1.97. The van der Waals surface area contributed by atoms with Gasteiger partial charge in [0.1, 0.15) is 0 Å². The molecule has 0 spiro atoms. The summed E-state index contributed by atoms with van der Waals surface area (Å²) >= 11 is 5.87. The highest BCUT2D eigenvalue weighted by Gasteiger charge is 2.07. The summed E-state index contributed by atoms with van der Waals surface area (Å²) in [5.74, 6) is -3.65. The summed E-state index contributed by atoms with van der Waals surface area (Å²) in [6, 6.07) is 7.17. The molecule has 7 nitrogen and oxygen atoms in total. The molecule has 8 heteroatoms. The average molecular weight is 371 g/mol. The van der Waals surface area contributed by atoms with Crippen LogP contribution < -0.4 is 5.32 Å². The number of halogens is 1. The third-order valence-corrected chi connectivity index (χ3v) is 3.12. The second-order valence-corrected chi connectivity index (χ2v) is 5.68. The molecule has 0 heterocycles. The average Bonchev–Trinajstić information content (AvgIpc) is 2.51. The van der Waals surface area contributed by atoms with Crippen LogP contribution in [0.2, 0.25) is 5.02 Å². The minimum atomic E-state index is -1.82. The number of carboxylic acids is 2. The summed E-state index contributed by atoms with van der Waals surface area (Å²) in [7, 11) is 0. The molecule has 0 radical (unpaired) electrons. The van der Waals surface area contributed by atoms with Gasteiger partial charge in [0.25, 0.3) is 0 Å². The lowest BCUT2D eigenvalue weighted by Gasteiger charge is -2.19. The first kappa shape index (κ1) is 22.6. The van der Waals surface area contributed by atoms with E-state index in [1.807, 2.05) is 19.1 Å². The lowest BCUT2D eigenvalue weighted by atomic mass is 10.2. The molecule has 0 aliphatic heterocycles. The highest BCUT2D eigenvalue weighted by atomic mass is 35.5.